The van der Waals surface area contributed by atoms with E-state index in [2.05, 4.69) is 5.32 Å². The second-order valence-electron chi connectivity index (χ2n) is 4.99. The van der Waals surface area contributed by atoms with Crippen molar-refractivity contribution in [3.63, 3.8) is 0 Å². The Morgan fingerprint density at radius 1 is 1.05 bits per heavy atom. The smallest absolute Gasteiger partial charge is 0.228 e. The van der Waals surface area contributed by atoms with Crippen LogP contribution in [-0.2, 0) is 11.2 Å². The fourth-order valence-electron chi connectivity index (χ4n) is 2.40. The standard InChI is InChI=1S/C18H13ClFNO/c19-16-11-14(20)8-9-17(16)21-18(22)10-13-6-3-5-12-4-1-2-7-15(12)13/h1-9,11H,10H2,(H,21,22). The Bertz CT molecular complexity index is 842. The fourth-order valence-corrected chi connectivity index (χ4v) is 2.62. The number of anilines is 1. The highest BCUT2D eigenvalue weighted by molar-refractivity contribution is 6.33. The molecule has 0 unspecified atom stereocenters. The van der Waals surface area contributed by atoms with Crippen LogP contribution in [0.25, 0.3) is 10.8 Å². The summed E-state index contributed by atoms with van der Waals surface area (Å²) in [5.74, 6) is -0.623. The molecule has 0 aliphatic carbocycles. The number of rotatable bonds is 3. The van der Waals surface area contributed by atoms with Gasteiger partial charge in [0.1, 0.15) is 5.82 Å². The molecule has 3 aromatic carbocycles. The molecule has 3 aromatic rings. The largest absolute Gasteiger partial charge is 0.324 e. The third kappa shape index (κ3) is 3.10. The van der Waals surface area contributed by atoms with Gasteiger partial charge in [-0.05, 0) is 34.5 Å². The van der Waals surface area contributed by atoms with Crippen molar-refractivity contribution >= 4 is 34.0 Å². The van der Waals surface area contributed by atoms with E-state index in [9.17, 15) is 9.18 Å². The lowest BCUT2D eigenvalue weighted by atomic mass is 10.0. The molecule has 2 nitrogen and oxygen atoms in total. The second kappa shape index (κ2) is 6.16. The van der Waals surface area contributed by atoms with Crippen molar-refractivity contribution in [3.8, 4) is 0 Å². The quantitative estimate of drug-likeness (QED) is 0.738. The zero-order valence-corrected chi connectivity index (χ0v) is 12.4. The number of amides is 1. The van der Waals surface area contributed by atoms with E-state index in [0.29, 0.717) is 5.69 Å². The number of nitrogens with one attached hydrogen (secondary N) is 1. The first-order valence-corrected chi connectivity index (χ1v) is 7.23. The Hall–Kier alpha value is -2.39. The van der Waals surface area contributed by atoms with Crippen molar-refractivity contribution in [2.24, 2.45) is 0 Å². The molecule has 1 amide bonds. The average Bonchev–Trinajstić information content (AvgIpc) is 2.50. The van der Waals surface area contributed by atoms with Crippen molar-refractivity contribution < 1.29 is 9.18 Å². The molecule has 0 bridgehead atoms. The van der Waals surface area contributed by atoms with Crippen LogP contribution >= 0.6 is 11.6 Å². The number of hydrogen-bond donors (Lipinski definition) is 1. The summed E-state index contributed by atoms with van der Waals surface area (Å²) in [7, 11) is 0. The van der Waals surface area contributed by atoms with Crippen LogP contribution in [-0.4, -0.2) is 5.91 Å². The zero-order chi connectivity index (χ0) is 15.5. The highest BCUT2D eigenvalue weighted by atomic mass is 35.5. The summed E-state index contributed by atoms with van der Waals surface area (Å²) in [6.07, 6.45) is 0.231. The van der Waals surface area contributed by atoms with Crippen LogP contribution in [0.4, 0.5) is 10.1 Å². The predicted molar refractivity (Wildman–Crippen MR) is 87.7 cm³/mol. The van der Waals surface area contributed by atoms with Gasteiger partial charge >= 0.3 is 0 Å². The van der Waals surface area contributed by atoms with Crippen LogP contribution in [0.15, 0.2) is 60.7 Å². The molecule has 0 fully saturated rings. The van der Waals surface area contributed by atoms with E-state index in [-0.39, 0.29) is 17.4 Å². The maximum atomic E-state index is 13.0. The summed E-state index contributed by atoms with van der Waals surface area (Å²) >= 11 is 5.92. The SMILES string of the molecule is O=C(Cc1cccc2ccccc12)Nc1ccc(F)cc1Cl. The molecule has 0 aliphatic rings. The van der Waals surface area contributed by atoms with Gasteiger partial charge in [-0.1, -0.05) is 54.1 Å². The lowest BCUT2D eigenvalue weighted by Gasteiger charge is -2.09. The molecule has 0 heterocycles. The van der Waals surface area contributed by atoms with Gasteiger partial charge in [0.05, 0.1) is 17.1 Å². The second-order valence-corrected chi connectivity index (χ2v) is 5.39. The first kappa shape index (κ1) is 14.5. The summed E-state index contributed by atoms with van der Waals surface area (Å²) in [5, 5.41) is 5.04. The summed E-state index contributed by atoms with van der Waals surface area (Å²) in [4.78, 5) is 12.2. The molecule has 0 radical (unpaired) electrons. The van der Waals surface area contributed by atoms with Crippen LogP contribution < -0.4 is 5.32 Å². The van der Waals surface area contributed by atoms with Gasteiger partial charge in [0.15, 0.2) is 0 Å². The van der Waals surface area contributed by atoms with Gasteiger partial charge in [-0.3, -0.25) is 4.79 Å². The molecule has 110 valence electrons. The molecule has 3 rings (SSSR count). The first-order chi connectivity index (χ1) is 10.6. The van der Waals surface area contributed by atoms with E-state index in [1.54, 1.807) is 0 Å². The molecular formula is C18H13ClFNO. The first-order valence-electron chi connectivity index (χ1n) is 6.85. The monoisotopic (exact) mass is 313 g/mol. The molecule has 1 N–H and O–H groups in total. The van der Waals surface area contributed by atoms with Crippen LogP contribution in [0.5, 0.6) is 0 Å². The highest BCUT2D eigenvalue weighted by Crippen LogP contribution is 2.23. The average molecular weight is 314 g/mol. The molecule has 0 aliphatic heterocycles. The Labute approximate surface area is 132 Å². The predicted octanol–water partition coefficient (Wildman–Crippen LogP) is 4.81. The van der Waals surface area contributed by atoms with Crippen molar-refractivity contribution in [1.29, 1.82) is 0 Å². The van der Waals surface area contributed by atoms with Crippen molar-refractivity contribution in [3.05, 3.63) is 77.1 Å². The molecule has 0 spiro atoms. The van der Waals surface area contributed by atoms with E-state index in [1.807, 2.05) is 42.5 Å². The van der Waals surface area contributed by atoms with Crippen molar-refractivity contribution in [2.75, 3.05) is 5.32 Å². The summed E-state index contributed by atoms with van der Waals surface area (Å²) < 4.78 is 13.0. The van der Waals surface area contributed by atoms with Gasteiger partial charge in [-0.15, -0.1) is 0 Å². The Kier molecular flexibility index (Phi) is 4.07. The number of benzene rings is 3. The Balaban J connectivity index is 1.81. The number of carbonyl (C=O) groups is 1. The number of halogens is 2. The van der Waals surface area contributed by atoms with Gasteiger partial charge in [-0.2, -0.15) is 0 Å². The lowest BCUT2D eigenvalue weighted by molar-refractivity contribution is -0.115. The van der Waals surface area contributed by atoms with Crippen molar-refractivity contribution in [1.82, 2.24) is 0 Å². The summed E-state index contributed by atoms with van der Waals surface area (Å²) in [6.45, 7) is 0. The van der Waals surface area contributed by atoms with Gasteiger partial charge in [-0.25, -0.2) is 4.39 Å². The minimum Gasteiger partial charge on any atom is -0.324 e. The van der Waals surface area contributed by atoms with Gasteiger partial charge < -0.3 is 5.32 Å². The Morgan fingerprint density at radius 2 is 1.82 bits per heavy atom. The van der Waals surface area contributed by atoms with Gasteiger partial charge in [0.2, 0.25) is 5.91 Å². The van der Waals surface area contributed by atoms with E-state index in [1.165, 1.54) is 18.2 Å². The number of fused-ring (bicyclic) bond motifs is 1. The summed E-state index contributed by atoms with van der Waals surface area (Å²) in [5.41, 5.74) is 1.35. The summed E-state index contributed by atoms with van der Waals surface area (Å²) in [6, 6.07) is 17.7. The normalized spacial score (nSPS) is 10.6. The molecule has 0 saturated carbocycles. The van der Waals surface area contributed by atoms with E-state index >= 15 is 0 Å². The van der Waals surface area contributed by atoms with Gasteiger partial charge in [0.25, 0.3) is 0 Å². The molecular weight excluding hydrogens is 301 g/mol. The van der Waals surface area contributed by atoms with Crippen LogP contribution in [0.2, 0.25) is 5.02 Å². The number of hydrogen-bond acceptors (Lipinski definition) is 1. The zero-order valence-electron chi connectivity index (χ0n) is 11.6. The molecule has 0 atom stereocenters. The molecule has 0 saturated heterocycles. The van der Waals surface area contributed by atoms with E-state index in [0.717, 1.165) is 16.3 Å². The van der Waals surface area contributed by atoms with E-state index in [4.69, 9.17) is 11.6 Å². The van der Waals surface area contributed by atoms with E-state index < -0.39 is 5.82 Å². The number of carbonyl (C=O) groups excluding carboxylic acids is 1. The maximum absolute atomic E-state index is 13.0. The third-order valence-corrected chi connectivity index (χ3v) is 3.75. The van der Waals surface area contributed by atoms with Crippen LogP contribution in [0.1, 0.15) is 5.56 Å². The topological polar surface area (TPSA) is 29.1 Å². The molecule has 4 heteroatoms. The fraction of sp³-hybridized carbons (Fsp3) is 0.0556. The van der Waals surface area contributed by atoms with Crippen molar-refractivity contribution in [2.45, 2.75) is 6.42 Å². The minimum absolute atomic E-state index is 0.186. The lowest BCUT2D eigenvalue weighted by Crippen LogP contribution is -2.15. The third-order valence-electron chi connectivity index (χ3n) is 3.44. The van der Waals surface area contributed by atoms with Crippen LogP contribution in [0.3, 0.4) is 0 Å². The molecule has 0 aromatic heterocycles. The molecule has 22 heavy (non-hydrogen) atoms. The minimum atomic E-state index is -0.433. The van der Waals surface area contributed by atoms with Gasteiger partial charge in [0, 0.05) is 0 Å². The highest BCUT2D eigenvalue weighted by Gasteiger charge is 2.09. The maximum Gasteiger partial charge on any atom is 0.228 e. The Morgan fingerprint density at radius 3 is 2.64 bits per heavy atom. The van der Waals surface area contributed by atoms with Crippen LogP contribution in [0, 0.1) is 5.82 Å².